The van der Waals surface area contributed by atoms with Crippen molar-refractivity contribution in [3.05, 3.63) is 0 Å². The molecule has 0 heterocycles. The molecule has 0 saturated heterocycles. The van der Waals surface area contributed by atoms with E-state index in [1.807, 2.05) is 0 Å². The van der Waals surface area contributed by atoms with Crippen molar-refractivity contribution in [3.63, 3.8) is 0 Å². The Hall–Kier alpha value is -0.560. The van der Waals surface area contributed by atoms with Gasteiger partial charge in [0.05, 0.1) is 10.8 Å². The Kier molecular flexibility index (Phi) is 8.39. The maximum absolute atomic E-state index is 8.41. The largest absolute Gasteiger partial charge is 0.357 e. The minimum Gasteiger partial charge on any atom is -0.357 e. The number of hydrogen-bond acceptors (Lipinski definition) is 3. The van der Waals surface area contributed by atoms with Crippen LogP contribution in [0.25, 0.3) is 0 Å². The van der Waals surface area contributed by atoms with Crippen LogP contribution in [0.15, 0.2) is 0 Å². The summed E-state index contributed by atoms with van der Waals surface area (Å²) in [6, 6.07) is 0. The summed E-state index contributed by atoms with van der Waals surface area (Å²) in [6.07, 6.45) is 0. The molecule has 0 aromatic rings. The summed E-state index contributed by atoms with van der Waals surface area (Å²) in [5, 5.41) is 4.58. The van der Waals surface area contributed by atoms with Gasteiger partial charge in [0.1, 0.15) is 0 Å². The van der Waals surface area contributed by atoms with Crippen molar-refractivity contribution in [1.29, 1.82) is 0 Å². The minimum atomic E-state index is -2.85. The summed E-state index contributed by atoms with van der Waals surface area (Å²) in [4.78, 5) is 0. The van der Waals surface area contributed by atoms with Crippen molar-refractivity contribution >= 4 is 5.96 Å². The van der Waals surface area contributed by atoms with Crippen molar-refractivity contribution in [2.24, 2.45) is 11.5 Å². The van der Waals surface area contributed by atoms with E-state index < -0.39 is 10.8 Å². The zero-order valence-electron chi connectivity index (χ0n) is 3.83. The first-order valence-electron chi connectivity index (χ1n) is 1.33. The van der Waals surface area contributed by atoms with E-state index in [0.717, 1.165) is 0 Å². The Morgan fingerprint density at radius 2 is 1.25 bits per heavy atom. The molecule has 0 aliphatic rings. The molecule has 0 aliphatic carbocycles. The van der Waals surface area contributed by atoms with Crippen LogP contribution < -0.4 is 30.9 Å². The second-order valence-corrected chi connectivity index (χ2v) is 1.07. The molecule has 0 amide bonds. The van der Waals surface area contributed by atoms with E-state index in [1.165, 1.54) is 0 Å². The molecule has 0 fully saturated rings. The highest BCUT2D eigenvalue weighted by atomic mass is 35.6. The predicted molar refractivity (Wildman–Crippen MR) is 15.3 cm³/mol. The molecule has 7 heteroatoms. The van der Waals surface area contributed by atoms with Crippen molar-refractivity contribution in [2.45, 2.75) is 0 Å². The van der Waals surface area contributed by atoms with E-state index in [1.54, 1.807) is 0 Å². The van der Waals surface area contributed by atoms with Crippen molar-refractivity contribution in [2.75, 3.05) is 0 Å². The third-order valence-corrected chi connectivity index (χ3v) is 0. The first-order chi connectivity index (χ1) is 3.46. The first kappa shape index (κ1) is 10.4. The third kappa shape index (κ3) is 342. The highest BCUT2D eigenvalue weighted by Crippen LogP contribution is 1.24. The van der Waals surface area contributed by atoms with Crippen LogP contribution in [-0.4, -0.2) is 5.96 Å². The van der Waals surface area contributed by atoms with E-state index in [-0.39, 0.29) is 5.96 Å². The Balaban J connectivity index is 0. The molecule has 0 saturated carbocycles. The maximum Gasteiger partial charge on any atom is 0.336 e. The van der Waals surface area contributed by atoms with Gasteiger partial charge in [-0.3, -0.25) is 16.9 Å². The number of rotatable bonds is 0. The number of hydrogen-bond donors (Lipinski definition) is 3. The van der Waals surface area contributed by atoms with Gasteiger partial charge in [-0.1, -0.05) is 0 Å². The Morgan fingerprint density at radius 1 is 1.25 bits per heavy atom. The molecule has 50 valence electrons. The average Bonchev–Trinajstić information content (AvgIpc) is 1.25. The van der Waals surface area contributed by atoms with E-state index in [2.05, 4.69) is 16.9 Å². The average molecular weight is 144 g/mol. The van der Waals surface area contributed by atoms with Gasteiger partial charge in [-0.25, -0.2) is 0 Å². The van der Waals surface area contributed by atoms with E-state index in [4.69, 9.17) is 14.0 Å². The zero-order chi connectivity index (χ0) is 7.15. The first-order valence-corrected chi connectivity index (χ1v) is 2.25. The van der Waals surface area contributed by atoms with Crippen LogP contribution in [0.1, 0.15) is 0 Å². The molecule has 0 bridgehead atoms. The van der Waals surface area contributed by atoms with Gasteiger partial charge in [-0.15, -0.1) is 0 Å². The fraction of sp³-hybridized carbons (Fsp3) is 0. The van der Waals surface area contributed by atoms with E-state index in [0.29, 0.717) is 0 Å². The normalized spacial score (nSPS) is 7.50. The lowest BCUT2D eigenvalue weighted by Gasteiger charge is -1.89. The Bertz CT molecular complexity index is 58.8. The van der Waals surface area contributed by atoms with Crippen LogP contribution in [0.5, 0.6) is 0 Å². The van der Waals surface area contributed by atoms with Gasteiger partial charge < -0.3 is 14.0 Å². The molecule has 6 nitrogen and oxygen atoms in total. The molecule has 0 rings (SSSR count). The molecule has 0 aliphatic heterocycles. The molecule has 0 spiro atoms. The SMILES string of the molecule is NC(N)=[NH2+].[O-][Cl+2]([O-])[O-]. The molecular weight excluding hydrogens is 137 g/mol. The third-order valence-electron chi connectivity index (χ3n) is 0. The monoisotopic (exact) mass is 143 g/mol. The fourth-order valence-electron chi connectivity index (χ4n) is 0. The van der Waals surface area contributed by atoms with Gasteiger partial charge in [-0.05, 0) is 0 Å². The molecule has 8 heavy (non-hydrogen) atoms. The highest BCUT2D eigenvalue weighted by Gasteiger charge is 1.64. The summed E-state index contributed by atoms with van der Waals surface area (Å²) in [7, 11) is -2.85. The summed E-state index contributed by atoms with van der Waals surface area (Å²) in [5.41, 5.74) is 9.17. The van der Waals surface area contributed by atoms with E-state index >= 15 is 0 Å². The molecule has 0 radical (unpaired) electrons. The van der Waals surface area contributed by atoms with Crippen LogP contribution in [-0.2, 0) is 0 Å². The molecule has 0 aromatic heterocycles. The highest BCUT2D eigenvalue weighted by molar-refractivity contribution is 5.68. The standard InChI is InChI=1S/CH5N3.ClO3/c2*2-1(3)4/h(H5,2,3,4);/q;-1/p+1. The number of nitrogens with two attached hydrogens (primary N) is 3. The molecule has 0 aromatic carbocycles. The summed E-state index contributed by atoms with van der Waals surface area (Å²) >= 11 is 0. The minimum absolute atomic E-state index is 0.0833. The summed E-state index contributed by atoms with van der Waals surface area (Å²) in [5.74, 6) is -0.0833. The molecule has 0 atom stereocenters. The second-order valence-electron chi connectivity index (χ2n) is 0.689. The van der Waals surface area contributed by atoms with Gasteiger partial charge in [0.2, 0.25) is 0 Å². The van der Waals surface area contributed by atoms with Gasteiger partial charge >= 0.3 is 5.96 Å². The molecular formula is CH6ClN3O3. The topological polar surface area (TPSA) is 147 Å². The second kappa shape index (κ2) is 6.44. The van der Waals surface area contributed by atoms with Crippen LogP contribution >= 0.6 is 0 Å². The van der Waals surface area contributed by atoms with Gasteiger partial charge in [-0.2, -0.15) is 0 Å². The Labute approximate surface area is 48.6 Å². The Morgan fingerprint density at radius 3 is 1.25 bits per heavy atom. The van der Waals surface area contributed by atoms with Crippen molar-refractivity contribution in [3.8, 4) is 0 Å². The fourth-order valence-corrected chi connectivity index (χ4v) is 0. The lowest BCUT2D eigenvalue weighted by atomic mass is 11.1. The molecule has 0 unspecified atom stereocenters. The quantitative estimate of drug-likeness (QED) is 0.228. The summed E-state index contributed by atoms with van der Waals surface area (Å²) < 4.78 is 25.2. The summed E-state index contributed by atoms with van der Waals surface area (Å²) in [6.45, 7) is 0. The molecule has 6 N–H and O–H groups in total. The van der Waals surface area contributed by atoms with Gasteiger partial charge in [0.25, 0.3) is 0 Å². The van der Waals surface area contributed by atoms with E-state index in [9.17, 15) is 0 Å². The van der Waals surface area contributed by atoms with Gasteiger partial charge in [0, 0.05) is 0 Å². The number of halogens is 1. The lowest BCUT2D eigenvalue weighted by Crippen LogP contribution is -2.51. The predicted octanol–water partition coefficient (Wildman–Crippen LogP) is -6.55. The number of guanidine groups is 1. The zero-order valence-corrected chi connectivity index (χ0v) is 4.59. The van der Waals surface area contributed by atoms with Crippen molar-refractivity contribution in [1.82, 2.24) is 0 Å². The van der Waals surface area contributed by atoms with Gasteiger partial charge in [0.15, 0.2) is 0 Å². The maximum atomic E-state index is 8.41. The smallest absolute Gasteiger partial charge is 0.336 e. The van der Waals surface area contributed by atoms with Crippen molar-refractivity contribution < 1.29 is 30.2 Å². The van der Waals surface area contributed by atoms with Crippen LogP contribution in [0.2, 0.25) is 0 Å². The van der Waals surface area contributed by atoms with Crippen LogP contribution in [0.4, 0.5) is 0 Å². The lowest BCUT2D eigenvalue weighted by molar-refractivity contribution is -1.73. The van der Waals surface area contributed by atoms with Crippen LogP contribution in [0, 0.1) is 10.8 Å². The van der Waals surface area contributed by atoms with Crippen LogP contribution in [0.3, 0.4) is 0 Å².